The fourth-order valence-electron chi connectivity index (χ4n) is 1.98. The van der Waals surface area contributed by atoms with E-state index in [4.69, 9.17) is 22.1 Å². The molecular formula is C11H17ClN4O. The van der Waals surface area contributed by atoms with Gasteiger partial charge in [0.05, 0.1) is 6.10 Å². The van der Waals surface area contributed by atoms with Gasteiger partial charge >= 0.3 is 0 Å². The summed E-state index contributed by atoms with van der Waals surface area (Å²) in [5.41, 5.74) is 5.65. The minimum atomic E-state index is 0.251. The highest BCUT2D eigenvalue weighted by Crippen LogP contribution is 2.26. The number of nitrogens with two attached hydrogens (primary N) is 1. The number of rotatable bonds is 3. The van der Waals surface area contributed by atoms with E-state index < -0.39 is 0 Å². The Morgan fingerprint density at radius 2 is 2.35 bits per heavy atom. The molecule has 2 N–H and O–H groups in total. The molecule has 0 aromatic carbocycles. The van der Waals surface area contributed by atoms with E-state index in [2.05, 4.69) is 9.97 Å². The van der Waals surface area contributed by atoms with Crippen LogP contribution in [-0.4, -0.2) is 36.3 Å². The lowest BCUT2D eigenvalue weighted by Crippen LogP contribution is -2.34. The Bertz CT molecular complexity index is 382. The van der Waals surface area contributed by atoms with Crippen LogP contribution in [0, 0.1) is 0 Å². The normalized spacial score (nSPS) is 20.2. The smallest absolute Gasteiger partial charge is 0.152 e. The molecule has 1 aliphatic heterocycles. The van der Waals surface area contributed by atoms with E-state index in [0.717, 1.165) is 26.0 Å². The van der Waals surface area contributed by atoms with Gasteiger partial charge in [0.2, 0.25) is 0 Å². The number of anilines is 2. The van der Waals surface area contributed by atoms with Crippen molar-refractivity contribution in [3.8, 4) is 0 Å². The number of aromatic nitrogens is 2. The molecule has 1 aliphatic rings. The third-order valence-electron chi connectivity index (χ3n) is 2.91. The highest BCUT2D eigenvalue weighted by molar-refractivity contribution is 6.35. The number of ether oxygens (including phenoxy) is 1. The van der Waals surface area contributed by atoms with Crippen molar-refractivity contribution in [2.75, 3.05) is 30.8 Å². The van der Waals surface area contributed by atoms with Crippen LogP contribution in [0.15, 0.2) is 6.33 Å². The Morgan fingerprint density at radius 1 is 1.53 bits per heavy atom. The first-order chi connectivity index (χ1) is 8.18. The topological polar surface area (TPSA) is 64.3 Å². The highest BCUT2D eigenvalue weighted by Gasteiger charge is 2.18. The van der Waals surface area contributed by atoms with Gasteiger partial charge in [-0.2, -0.15) is 0 Å². The molecule has 6 heteroatoms. The Morgan fingerprint density at radius 3 is 3.06 bits per heavy atom. The van der Waals surface area contributed by atoms with Crippen LogP contribution in [-0.2, 0) is 4.74 Å². The summed E-state index contributed by atoms with van der Waals surface area (Å²) in [5, 5.41) is 0.408. The predicted molar refractivity (Wildman–Crippen MR) is 68.3 cm³/mol. The van der Waals surface area contributed by atoms with E-state index in [0.29, 0.717) is 16.7 Å². The second-order valence-corrected chi connectivity index (χ2v) is 4.64. The Hall–Kier alpha value is -1.07. The molecule has 0 aliphatic carbocycles. The second-order valence-electron chi connectivity index (χ2n) is 4.27. The molecule has 0 bridgehead atoms. The van der Waals surface area contributed by atoms with E-state index in [1.807, 2.05) is 11.9 Å². The van der Waals surface area contributed by atoms with Crippen molar-refractivity contribution < 1.29 is 4.74 Å². The summed E-state index contributed by atoms with van der Waals surface area (Å²) < 4.78 is 5.68. The summed E-state index contributed by atoms with van der Waals surface area (Å²) in [7, 11) is 1.94. The molecule has 5 nitrogen and oxygen atoms in total. The lowest BCUT2D eigenvalue weighted by atomic mass is 10.1. The lowest BCUT2D eigenvalue weighted by Gasteiger charge is -2.28. The lowest BCUT2D eigenvalue weighted by molar-refractivity contribution is 0.0215. The van der Waals surface area contributed by atoms with Crippen LogP contribution in [0.4, 0.5) is 11.6 Å². The number of hydrogen-bond donors (Lipinski definition) is 1. The molecule has 17 heavy (non-hydrogen) atoms. The first kappa shape index (κ1) is 12.4. The summed E-state index contributed by atoms with van der Waals surface area (Å²) in [4.78, 5) is 9.97. The van der Waals surface area contributed by atoms with Gasteiger partial charge < -0.3 is 15.4 Å². The van der Waals surface area contributed by atoms with Gasteiger partial charge in [-0.3, -0.25) is 0 Å². The van der Waals surface area contributed by atoms with Crippen molar-refractivity contribution in [2.24, 2.45) is 0 Å². The average Bonchev–Trinajstić information content (AvgIpc) is 2.34. The van der Waals surface area contributed by atoms with Crippen molar-refractivity contribution in [3.63, 3.8) is 0 Å². The van der Waals surface area contributed by atoms with Crippen LogP contribution in [0.1, 0.15) is 19.3 Å². The zero-order valence-electron chi connectivity index (χ0n) is 9.90. The molecule has 1 fully saturated rings. The van der Waals surface area contributed by atoms with Crippen molar-refractivity contribution in [2.45, 2.75) is 25.4 Å². The molecule has 2 rings (SSSR count). The van der Waals surface area contributed by atoms with Gasteiger partial charge in [-0.15, -0.1) is 0 Å². The molecule has 1 atom stereocenters. The van der Waals surface area contributed by atoms with Crippen molar-refractivity contribution in [3.05, 3.63) is 11.3 Å². The SMILES string of the molecule is CN(CC1CCCCO1)c1ncnc(N)c1Cl. The van der Waals surface area contributed by atoms with E-state index >= 15 is 0 Å². The van der Waals surface area contributed by atoms with Gasteiger partial charge in [0.1, 0.15) is 17.2 Å². The molecule has 2 heterocycles. The fraction of sp³-hybridized carbons (Fsp3) is 0.636. The summed E-state index contributed by atoms with van der Waals surface area (Å²) in [6.07, 6.45) is 5.14. The minimum Gasteiger partial charge on any atom is -0.382 e. The molecule has 1 aromatic heterocycles. The van der Waals surface area contributed by atoms with E-state index in [1.54, 1.807) is 0 Å². The summed E-state index contributed by atoms with van der Waals surface area (Å²) in [5.74, 6) is 0.974. The van der Waals surface area contributed by atoms with E-state index in [1.165, 1.54) is 12.7 Å². The molecule has 0 spiro atoms. The molecule has 0 amide bonds. The second kappa shape index (κ2) is 5.51. The monoisotopic (exact) mass is 256 g/mol. The minimum absolute atomic E-state index is 0.251. The number of hydrogen-bond acceptors (Lipinski definition) is 5. The van der Waals surface area contributed by atoms with Crippen molar-refractivity contribution in [1.82, 2.24) is 9.97 Å². The van der Waals surface area contributed by atoms with Gasteiger partial charge in [0.15, 0.2) is 5.82 Å². The van der Waals surface area contributed by atoms with Crippen LogP contribution < -0.4 is 10.6 Å². The molecule has 0 saturated carbocycles. The Kier molecular flexibility index (Phi) is 4.02. The van der Waals surface area contributed by atoms with E-state index in [9.17, 15) is 0 Å². The molecule has 1 unspecified atom stereocenters. The van der Waals surface area contributed by atoms with Gasteiger partial charge in [-0.1, -0.05) is 11.6 Å². The largest absolute Gasteiger partial charge is 0.382 e. The average molecular weight is 257 g/mol. The number of likely N-dealkylation sites (N-methyl/N-ethyl adjacent to an activating group) is 1. The van der Waals surface area contributed by atoms with Crippen LogP contribution >= 0.6 is 11.6 Å². The quantitative estimate of drug-likeness (QED) is 0.892. The Balaban J connectivity index is 2.03. The maximum Gasteiger partial charge on any atom is 0.152 e. The van der Waals surface area contributed by atoms with Crippen LogP contribution in [0.25, 0.3) is 0 Å². The van der Waals surface area contributed by atoms with Gasteiger partial charge in [0, 0.05) is 20.2 Å². The van der Waals surface area contributed by atoms with Crippen LogP contribution in [0.5, 0.6) is 0 Å². The van der Waals surface area contributed by atoms with Crippen LogP contribution in [0.3, 0.4) is 0 Å². The summed E-state index contributed by atoms with van der Waals surface area (Å²) in [6, 6.07) is 0. The molecular weight excluding hydrogens is 240 g/mol. The molecule has 94 valence electrons. The van der Waals surface area contributed by atoms with Gasteiger partial charge in [0.25, 0.3) is 0 Å². The van der Waals surface area contributed by atoms with E-state index in [-0.39, 0.29) is 6.10 Å². The zero-order valence-corrected chi connectivity index (χ0v) is 10.7. The maximum absolute atomic E-state index is 6.07. The van der Waals surface area contributed by atoms with Gasteiger partial charge in [-0.25, -0.2) is 9.97 Å². The highest BCUT2D eigenvalue weighted by atomic mass is 35.5. The molecule has 1 saturated heterocycles. The first-order valence-corrected chi connectivity index (χ1v) is 6.15. The Labute approximate surface area is 106 Å². The van der Waals surface area contributed by atoms with Gasteiger partial charge in [-0.05, 0) is 19.3 Å². The first-order valence-electron chi connectivity index (χ1n) is 5.77. The maximum atomic E-state index is 6.07. The molecule has 1 aromatic rings. The zero-order chi connectivity index (χ0) is 12.3. The summed E-state index contributed by atoms with van der Waals surface area (Å²) >= 11 is 6.07. The summed E-state index contributed by atoms with van der Waals surface area (Å²) in [6.45, 7) is 1.62. The fourth-order valence-corrected chi connectivity index (χ4v) is 2.22. The number of nitrogen functional groups attached to an aromatic ring is 1. The predicted octanol–water partition coefficient (Wildman–Crippen LogP) is 1.72. The van der Waals surface area contributed by atoms with Crippen molar-refractivity contribution >= 4 is 23.2 Å². The van der Waals surface area contributed by atoms with Crippen LogP contribution in [0.2, 0.25) is 5.02 Å². The standard InChI is InChI=1S/C11H17ClN4O/c1-16(6-8-4-2-3-5-17-8)11-9(12)10(13)14-7-15-11/h7-8H,2-6H2,1H3,(H2,13,14,15). The number of nitrogens with zero attached hydrogens (tertiary/aromatic N) is 3. The third kappa shape index (κ3) is 2.98. The number of halogens is 1. The third-order valence-corrected chi connectivity index (χ3v) is 3.27. The molecule has 0 radical (unpaired) electrons. The van der Waals surface area contributed by atoms with Crippen molar-refractivity contribution in [1.29, 1.82) is 0 Å².